The quantitative estimate of drug-likeness (QED) is 0.464. The zero-order valence-corrected chi connectivity index (χ0v) is 16.8. The van der Waals surface area contributed by atoms with E-state index in [-0.39, 0.29) is 11.9 Å². The summed E-state index contributed by atoms with van der Waals surface area (Å²) in [6.45, 7) is 0. The Labute approximate surface area is 169 Å². The van der Waals surface area contributed by atoms with E-state index in [1.54, 1.807) is 33.5 Å². The summed E-state index contributed by atoms with van der Waals surface area (Å²) in [4.78, 5) is 11.8. The third kappa shape index (κ3) is 2.90. The van der Waals surface area contributed by atoms with E-state index in [0.29, 0.717) is 22.8 Å². The largest absolute Gasteiger partial charge is 0.493 e. The Hall–Kier alpha value is -3.47. The zero-order chi connectivity index (χ0) is 20.5. The summed E-state index contributed by atoms with van der Waals surface area (Å²) in [7, 11) is 6.24. The van der Waals surface area contributed by atoms with Crippen LogP contribution in [0.5, 0.6) is 17.2 Å². The van der Waals surface area contributed by atoms with Gasteiger partial charge in [-0.25, -0.2) is 4.79 Å². The first-order valence-electron chi connectivity index (χ1n) is 9.25. The lowest BCUT2D eigenvalue weighted by Crippen LogP contribution is -2.05. The number of fused-ring (bicyclic) bond motifs is 3. The van der Waals surface area contributed by atoms with Gasteiger partial charge in [0.15, 0.2) is 11.5 Å². The number of benzene rings is 3. The van der Waals surface area contributed by atoms with Gasteiger partial charge in [-0.3, -0.25) is 0 Å². The molecule has 5 nitrogen and oxygen atoms in total. The Morgan fingerprint density at radius 3 is 2.10 bits per heavy atom. The van der Waals surface area contributed by atoms with Gasteiger partial charge in [-0.05, 0) is 40.5 Å². The van der Waals surface area contributed by atoms with Crippen LogP contribution in [0.2, 0.25) is 0 Å². The molecule has 0 amide bonds. The molecule has 0 radical (unpaired) electrons. The second-order valence-corrected chi connectivity index (χ2v) is 6.74. The molecule has 0 saturated carbocycles. The topological polar surface area (TPSA) is 54.0 Å². The minimum absolute atomic E-state index is 0.0531. The van der Waals surface area contributed by atoms with E-state index in [9.17, 15) is 4.79 Å². The van der Waals surface area contributed by atoms with Gasteiger partial charge >= 0.3 is 5.97 Å². The predicted molar refractivity (Wildman–Crippen MR) is 110 cm³/mol. The Balaban J connectivity index is 1.96. The first-order valence-corrected chi connectivity index (χ1v) is 9.25. The number of hydrogen-bond donors (Lipinski definition) is 0. The number of methoxy groups -OCH3 is 4. The second-order valence-electron chi connectivity index (χ2n) is 6.74. The predicted octanol–water partition coefficient (Wildman–Crippen LogP) is 4.66. The second kappa shape index (κ2) is 7.51. The number of carbonyl (C=O) groups excluding carboxylic acids is 1. The monoisotopic (exact) mass is 390 g/mol. The third-order valence-corrected chi connectivity index (χ3v) is 5.38. The van der Waals surface area contributed by atoms with Crippen molar-refractivity contribution in [3.63, 3.8) is 0 Å². The smallest absolute Gasteiger partial charge is 0.337 e. The normalized spacial score (nSPS) is 14.0. The third-order valence-electron chi connectivity index (χ3n) is 5.38. The van der Waals surface area contributed by atoms with Crippen LogP contribution in [0.15, 0.2) is 54.6 Å². The SMILES string of the molecule is COC(=O)c1ccc(C2c3ccccc3-c3cc(OC)c(OC)c(OC)c32)cc1. The molecule has 4 rings (SSSR count). The molecule has 0 aromatic heterocycles. The summed E-state index contributed by atoms with van der Waals surface area (Å²) in [6, 6.07) is 17.8. The molecule has 0 saturated heterocycles. The fourth-order valence-electron chi connectivity index (χ4n) is 4.11. The van der Waals surface area contributed by atoms with Crippen LogP contribution in [0.3, 0.4) is 0 Å². The van der Waals surface area contributed by atoms with Crippen LogP contribution < -0.4 is 14.2 Å². The summed E-state index contributed by atoms with van der Waals surface area (Å²) < 4.78 is 21.8. The number of hydrogen-bond acceptors (Lipinski definition) is 5. The van der Waals surface area contributed by atoms with Crippen LogP contribution in [0.4, 0.5) is 0 Å². The van der Waals surface area contributed by atoms with E-state index < -0.39 is 0 Å². The Kier molecular flexibility index (Phi) is 4.89. The van der Waals surface area contributed by atoms with Gasteiger partial charge in [0.25, 0.3) is 0 Å². The number of carbonyl (C=O) groups is 1. The minimum atomic E-state index is -0.354. The molecule has 1 aliphatic carbocycles. The van der Waals surface area contributed by atoms with Gasteiger partial charge in [0.1, 0.15) is 0 Å². The number of rotatable bonds is 5. The van der Waals surface area contributed by atoms with Gasteiger partial charge < -0.3 is 18.9 Å². The van der Waals surface area contributed by atoms with Crippen LogP contribution in [-0.2, 0) is 4.74 Å². The summed E-state index contributed by atoms with van der Waals surface area (Å²) in [5, 5.41) is 0. The average molecular weight is 390 g/mol. The van der Waals surface area contributed by atoms with Gasteiger partial charge in [-0.15, -0.1) is 0 Å². The zero-order valence-electron chi connectivity index (χ0n) is 16.8. The van der Waals surface area contributed by atoms with Crippen LogP contribution >= 0.6 is 0 Å². The highest BCUT2D eigenvalue weighted by Crippen LogP contribution is 2.56. The summed E-state index contributed by atoms with van der Waals surface area (Å²) in [5.41, 5.74) is 5.94. The van der Waals surface area contributed by atoms with Crippen LogP contribution in [0.25, 0.3) is 11.1 Å². The van der Waals surface area contributed by atoms with E-state index >= 15 is 0 Å². The van der Waals surface area contributed by atoms with Crippen molar-refractivity contribution in [2.45, 2.75) is 5.92 Å². The highest BCUT2D eigenvalue weighted by Gasteiger charge is 2.36. The van der Waals surface area contributed by atoms with Gasteiger partial charge in [0.2, 0.25) is 5.75 Å². The van der Waals surface area contributed by atoms with Crippen molar-refractivity contribution in [1.82, 2.24) is 0 Å². The lowest BCUT2D eigenvalue weighted by atomic mass is 9.88. The fraction of sp³-hybridized carbons (Fsp3) is 0.208. The lowest BCUT2D eigenvalue weighted by molar-refractivity contribution is 0.0600. The van der Waals surface area contributed by atoms with Gasteiger partial charge in [0, 0.05) is 11.5 Å². The van der Waals surface area contributed by atoms with Crippen LogP contribution in [0.1, 0.15) is 33.0 Å². The highest BCUT2D eigenvalue weighted by molar-refractivity contribution is 5.90. The average Bonchev–Trinajstić information content (AvgIpc) is 3.11. The molecule has 0 bridgehead atoms. The van der Waals surface area contributed by atoms with Crippen molar-refractivity contribution >= 4 is 5.97 Å². The van der Waals surface area contributed by atoms with Crippen molar-refractivity contribution < 1.29 is 23.7 Å². The molecular formula is C24H22O5. The summed E-state index contributed by atoms with van der Waals surface area (Å²) in [5.74, 6) is 1.44. The Bertz CT molecular complexity index is 1070. The van der Waals surface area contributed by atoms with Crippen molar-refractivity contribution in [2.24, 2.45) is 0 Å². The molecule has 1 atom stereocenters. The van der Waals surface area contributed by atoms with Crippen LogP contribution in [-0.4, -0.2) is 34.4 Å². The first-order chi connectivity index (χ1) is 14.1. The molecule has 1 unspecified atom stereocenters. The molecule has 0 fully saturated rings. The van der Waals surface area contributed by atoms with Crippen molar-refractivity contribution in [2.75, 3.05) is 28.4 Å². The van der Waals surface area contributed by atoms with Gasteiger partial charge in [0.05, 0.1) is 34.0 Å². The first kappa shape index (κ1) is 18.9. The molecule has 5 heteroatoms. The maximum atomic E-state index is 11.8. The molecule has 0 spiro atoms. The van der Waals surface area contributed by atoms with E-state index in [1.807, 2.05) is 30.3 Å². The maximum absolute atomic E-state index is 11.8. The molecule has 29 heavy (non-hydrogen) atoms. The fourth-order valence-corrected chi connectivity index (χ4v) is 4.11. The molecule has 148 valence electrons. The van der Waals surface area contributed by atoms with E-state index in [4.69, 9.17) is 18.9 Å². The molecule has 3 aromatic rings. The lowest BCUT2D eigenvalue weighted by Gasteiger charge is -2.20. The number of ether oxygens (including phenoxy) is 4. The molecule has 3 aromatic carbocycles. The van der Waals surface area contributed by atoms with E-state index in [2.05, 4.69) is 12.1 Å². The molecular weight excluding hydrogens is 368 g/mol. The Morgan fingerprint density at radius 2 is 1.48 bits per heavy atom. The Morgan fingerprint density at radius 1 is 0.793 bits per heavy atom. The van der Waals surface area contributed by atoms with E-state index in [0.717, 1.165) is 22.3 Å². The molecule has 0 N–H and O–H groups in total. The molecule has 0 aliphatic heterocycles. The summed E-state index contributed by atoms with van der Waals surface area (Å²) in [6.07, 6.45) is 0. The summed E-state index contributed by atoms with van der Waals surface area (Å²) >= 11 is 0. The standard InChI is InChI=1S/C24H22O5/c1-26-19-13-18-16-7-5-6-8-17(16)20(21(18)23(28-3)22(19)27-2)14-9-11-15(12-10-14)24(25)29-4/h5-13,20H,1-4H3. The van der Waals surface area contributed by atoms with Crippen molar-refractivity contribution in [3.05, 3.63) is 76.9 Å². The van der Waals surface area contributed by atoms with Gasteiger partial charge in [-0.2, -0.15) is 0 Å². The van der Waals surface area contributed by atoms with Crippen molar-refractivity contribution in [3.8, 4) is 28.4 Å². The van der Waals surface area contributed by atoms with Gasteiger partial charge in [-0.1, -0.05) is 36.4 Å². The van der Waals surface area contributed by atoms with E-state index in [1.165, 1.54) is 12.7 Å². The molecule has 1 aliphatic rings. The van der Waals surface area contributed by atoms with Crippen molar-refractivity contribution in [1.29, 1.82) is 0 Å². The highest BCUT2D eigenvalue weighted by atomic mass is 16.5. The maximum Gasteiger partial charge on any atom is 0.337 e. The molecule has 0 heterocycles. The number of esters is 1. The minimum Gasteiger partial charge on any atom is -0.493 e. The van der Waals surface area contributed by atoms with Crippen LogP contribution in [0, 0.1) is 0 Å².